The number of hydrogen-bond acceptors (Lipinski definition) is 4. The number of piperidine rings is 1. The van der Waals surface area contributed by atoms with Gasteiger partial charge in [0.1, 0.15) is 21.5 Å². The molecule has 2 fully saturated rings. The molecule has 0 bridgehead atoms. The van der Waals surface area contributed by atoms with Gasteiger partial charge in [-0.1, -0.05) is 6.07 Å². The predicted molar refractivity (Wildman–Crippen MR) is 126 cm³/mol. The van der Waals surface area contributed by atoms with Gasteiger partial charge in [-0.2, -0.15) is 0 Å². The van der Waals surface area contributed by atoms with Crippen molar-refractivity contribution >= 4 is 39.8 Å². The fourth-order valence-electron chi connectivity index (χ4n) is 3.79. The van der Waals surface area contributed by atoms with Crippen molar-refractivity contribution in [3.05, 3.63) is 35.4 Å². The second-order valence-corrected chi connectivity index (χ2v) is 10.2. The summed E-state index contributed by atoms with van der Waals surface area (Å²) in [6.07, 6.45) is 3.72. The van der Waals surface area contributed by atoms with E-state index in [-0.39, 0.29) is 53.3 Å². The zero-order valence-corrected chi connectivity index (χ0v) is 20.6. The topological polar surface area (TPSA) is 73.8 Å². The number of nitrogens with one attached hydrogen (secondary N) is 2. The Bertz CT molecular complexity index is 825. The van der Waals surface area contributed by atoms with Gasteiger partial charge >= 0.3 is 0 Å². The molecule has 1 saturated heterocycles. The number of rotatable bonds is 7. The van der Waals surface area contributed by atoms with Crippen molar-refractivity contribution in [2.45, 2.75) is 44.2 Å². The van der Waals surface area contributed by atoms with Crippen molar-refractivity contribution in [3.63, 3.8) is 0 Å². The minimum Gasteiger partial charge on any atom is -0.354 e. The van der Waals surface area contributed by atoms with Gasteiger partial charge in [0.25, 0.3) is 0 Å². The van der Waals surface area contributed by atoms with Crippen molar-refractivity contribution in [2.75, 3.05) is 38.2 Å². The van der Waals surface area contributed by atoms with Crippen LogP contribution in [0.2, 0.25) is 0 Å². The molecule has 2 N–H and O–H groups in total. The molecule has 1 aromatic carbocycles. The maximum atomic E-state index is 14.0. The number of aliphatic imine (C=N–C) groups is 1. The lowest BCUT2D eigenvalue weighted by Gasteiger charge is -2.33. The van der Waals surface area contributed by atoms with E-state index in [1.165, 1.54) is 24.5 Å². The van der Waals surface area contributed by atoms with E-state index < -0.39 is 21.5 Å². The first kappa shape index (κ1) is 25.3. The molecule has 0 spiro atoms. The highest BCUT2D eigenvalue weighted by atomic mass is 127. The van der Waals surface area contributed by atoms with E-state index in [0.717, 1.165) is 25.9 Å². The fourth-order valence-corrected chi connectivity index (χ4v) is 4.38. The Morgan fingerprint density at radius 3 is 2.40 bits per heavy atom. The number of hydrogen-bond donors (Lipinski definition) is 2. The highest BCUT2D eigenvalue weighted by molar-refractivity contribution is 14.0. The zero-order chi connectivity index (χ0) is 21.0. The maximum absolute atomic E-state index is 14.0. The van der Waals surface area contributed by atoms with E-state index in [1.54, 1.807) is 0 Å². The van der Waals surface area contributed by atoms with Crippen LogP contribution in [0.15, 0.2) is 23.2 Å². The van der Waals surface area contributed by atoms with Gasteiger partial charge in [0.05, 0.1) is 5.75 Å². The standard InChI is InChI=1S/C20H30F2N4O2S.HI/c1-3-23-20(24-14-7-9-26(10-8-14)11-12-29(2,27)28)25-18-13-15(18)19-16(21)5-4-6-17(19)22;/h4-6,14-15,18H,3,7-13H2,1-2H3,(H2,23,24,25);1H. The zero-order valence-electron chi connectivity index (χ0n) is 17.4. The molecular weight excluding hydrogens is 525 g/mol. The largest absolute Gasteiger partial charge is 0.354 e. The third-order valence-corrected chi connectivity index (χ3v) is 6.43. The van der Waals surface area contributed by atoms with E-state index in [1.807, 2.05) is 6.92 Å². The van der Waals surface area contributed by atoms with Gasteiger partial charge in [-0.25, -0.2) is 17.2 Å². The van der Waals surface area contributed by atoms with Crippen molar-refractivity contribution in [2.24, 2.45) is 4.99 Å². The Morgan fingerprint density at radius 2 is 1.83 bits per heavy atom. The summed E-state index contributed by atoms with van der Waals surface area (Å²) < 4.78 is 50.6. The highest BCUT2D eigenvalue weighted by Gasteiger charge is 2.42. The molecule has 0 radical (unpaired) electrons. The molecule has 10 heteroatoms. The van der Waals surface area contributed by atoms with Gasteiger partial charge in [-0.05, 0) is 38.3 Å². The van der Waals surface area contributed by atoms with Gasteiger partial charge < -0.3 is 15.5 Å². The number of guanidine groups is 1. The van der Waals surface area contributed by atoms with Gasteiger partial charge in [-0.15, -0.1) is 24.0 Å². The average Bonchev–Trinajstić information content (AvgIpc) is 3.39. The molecule has 1 saturated carbocycles. The smallest absolute Gasteiger partial charge is 0.191 e. The third-order valence-electron chi connectivity index (χ3n) is 5.51. The van der Waals surface area contributed by atoms with Crippen molar-refractivity contribution in [3.8, 4) is 0 Å². The van der Waals surface area contributed by atoms with Crippen LogP contribution in [-0.4, -0.2) is 69.5 Å². The Balaban J connectivity index is 0.00000320. The van der Waals surface area contributed by atoms with Gasteiger partial charge in [0.2, 0.25) is 0 Å². The van der Waals surface area contributed by atoms with Gasteiger partial charge in [-0.3, -0.25) is 4.99 Å². The number of benzene rings is 1. The number of nitrogens with zero attached hydrogens (tertiary/aromatic N) is 2. The lowest BCUT2D eigenvalue weighted by molar-refractivity contribution is 0.216. The van der Waals surface area contributed by atoms with Crippen LogP contribution < -0.4 is 10.6 Å². The first-order valence-corrected chi connectivity index (χ1v) is 12.2. The number of halogens is 3. The third kappa shape index (κ3) is 7.30. The highest BCUT2D eigenvalue weighted by Crippen LogP contribution is 2.43. The van der Waals surface area contributed by atoms with Crippen LogP contribution >= 0.6 is 24.0 Å². The van der Waals surface area contributed by atoms with E-state index in [9.17, 15) is 17.2 Å². The van der Waals surface area contributed by atoms with Crippen LogP contribution in [0.1, 0.15) is 37.7 Å². The van der Waals surface area contributed by atoms with Crippen molar-refractivity contribution in [1.82, 2.24) is 15.5 Å². The van der Waals surface area contributed by atoms with Crippen LogP contribution in [0.4, 0.5) is 8.78 Å². The van der Waals surface area contributed by atoms with Crippen molar-refractivity contribution in [1.29, 1.82) is 0 Å². The summed E-state index contributed by atoms with van der Waals surface area (Å²) in [7, 11) is -2.94. The number of likely N-dealkylation sites (tertiary alicyclic amines) is 1. The summed E-state index contributed by atoms with van der Waals surface area (Å²) >= 11 is 0. The molecule has 1 aliphatic heterocycles. The Labute approximate surface area is 194 Å². The summed E-state index contributed by atoms with van der Waals surface area (Å²) in [4.78, 5) is 6.64. The second-order valence-electron chi connectivity index (χ2n) is 7.94. The van der Waals surface area contributed by atoms with Gasteiger partial charge in [0, 0.05) is 56.0 Å². The first-order chi connectivity index (χ1) is 13.8. The van der Waals surface area contributed by atoms with E-state index in [2.05, 4.69) is 20.5 Å². The molecule has 0 aromatic heterocycles. The van der Waals surface area contributed by atoms with Crippen LogP contribution in [0.5, 0.6) is 0 Å². The Kier molecular flexibility index (Phi) is 9.29. The molecule has 0 amide bonds. The van der Waals surface area contributed by atoms with E-state index in [4.69, 9.17) is 0 Å². The molecule has 2 atom stereocenters. The summed E-state index contributed by atoms with van der Waals surface area (Å²) in [6, 6.07) is 4.18. The second kappa shape index (κ2) is 11.0. The van der Waals surface area contributed by atoms with Crippen molar-refractivity contribution < 1.29 is 17.2 Å². The summed E-state index contributed by atoms with van der Waals surface area (Å²) in [6.45, 7) is 4.78. The molecule has 1 aliphatic carbocycles. The molecular formula is C20H31F2IN4O2S. The SMILES string of the molecule is CCN=C(NC1CCN(CCS(C)(=O)=O)CC1)NC1CC1c1c(F)cccc1F.I. The van der Waals surface area contributed by atoms with E-state index in [0.29, 0.717) is 25.5 Å². The molecule has 6 nitrogen and oxygen atoms in total. The molecule has 170 valence electrons. The molecule has 1 aromatic rings. The summed E-state index contributed by atoms with van der Waals surface area (Å²) in [5.74, 6) is -0.320. The average molecular weight is 556 g/mol. The summed E-state index contributed by atoms with van der Waals surface area (Å²) in [5, 5.41) is 6.74. The Morgan fingerprint density at radius 1 is 1.20 bits per heavy atom. The first-order valence-electron chi connectivity index (χ1n) is 10.2. The van der Waals surface area contributed by atoms with Crippen LogP contribution in [0.3, 0.4) is 0 Å². The lowest BCUT2D eigenvalue weighted by Crippen LogP contribution is -2.49. The maximum Gasteiger partial charge on any atom is 0.191 e. The predicted octanol–water partition coefficient (Wildman–Crippen LogP) is 2.50. The molecule has 1 heterocycles. The monoisotopic (exact) mass is 556 g/mol. The minimum atomic E-state index is -2.94. The Hall–Kier alpha value is -1.01. The minimum absolute atomic E-state index is 0. The molecule has 2 aliphatic rings. The fraction of sp³-hybridized carbons (Fsp3) is 0.650. The summed E-state index contributed by atoms with van der Waals surface area (Å²) in [5.41, 5.74) is 0.153. The van der Waals surface area contributed by atoms with Gasteiger partial charge in [0.15, 0.2) is 5.96 Å². The number of sulfone groups is 1. The lowest BCUT2D eigenvalue weighted by atomic mass is 10.1. The van der Waals surface area contributed by atoms with Crippen LogP contribution in [0.25, 0.3) is 0 Å². The van der Waals surface area contributed by atoms with E-state index >= 15 is 0 Å². The normalized spacial score (nSPS) is 23.0. The molecule has 3 rings (SSSR count). The molecule has 2 unspecified atom stereocenters. The molecule has 30 heavy (non-hydrogen) atoms. The quantitative estimate of drug-likeness (QED) is 0.307. The van der Waals surface area contributed by atoms with Crippen LogP contribution in [-0.2, 0) is 9.84 Å². The van der Waals surface area contributed by atoms with Crippen LogP contribution in [0, 0.1) is 11.6 Å².